The quantitative estimate of drug-likeness (QED) is 0.395. The molecule has 4 atom stereocenters. The zero-order valence-corrected chi connectivity index (χ0v) is 24.2. The summed E-state index contributed by atoms with van der Waals surface area (Å²) in [5.74, 6) is 2.01. The maximum Gasteiger partial charge on any atom is 0.166 e. The molecule has 2 fully saturated rings. The molecular weight excluding hydrogens is 512 g/mol. The monoisotopic (exact) mass is 552 g/mol. The molecule has 0 amide bonds. The Morgan fingerprint density at radius 3 is 2.68 bits per heavy atom. The molecule has 1 saturated heterocycles. The van der Waals surface area contributed by atoms with Crippen molar-refractivity contribution < 1.29 is 19.4 Å². The van der Waals surface area contributed by atoms with Crippen molar-refractivity contribution >= 4 is 5.78 Å². The number of hydrogen-bond acceptors (Lipinski definition) is 5. The number of phenolic OH excluding ortho intramolecular Hbond substituents is 1. The lowest BCUT2D eigenvalue weighted by Gasteiger charge is -2.64. The summed E-state index contributed by atoms with van der Waals surface area (Å²) in [7, 11) is 4.03. The van der Waals surface area contributed by atoms with E-state index < -0.39 is 5.60 Å². The Morgan fingerprint density at radius 1 is 1.10 bits per heavy atom. The second-order valence-electron chi connectivity index (χ2n) is 13.2. The maximum absolute atomic E-state index is 12.9. The number of Topliss-reactive ketones (excluding diaryl/α,β-unsaturated/α-hetero) is 1. The summed E-state index contributed by atoms with van der Waals surface area (Å²) in [6.45, 7) is 2.18. The van der Waals surface area contributed by atoms with Crippen molar-refractivity contribution in [2.24, 2.45) is 13.0 Å². The van der Waals surface area contributed by atoms with E-state index in [2.05, 4.69) is 40.8 Å². The van der Waals surface area contributed by atoms with Crippen LogP contribution in [-0.4, -0.2) is 52.2 Å². The summed E-state index contributed by atoms with van der Waals surface area (Å²) in [5.41, 5.74) is 6.60. The van der Waals surface area contributed by atoms with E-state index in [1.54, 1.807) is 0 Å². The number of methoxy groups -OCH3 is 1. The van der Waals surface area contributed by atoms with Crippen molar-refractivity contribution in [2.75, 3.05) is 20.2 Å². The number of ether oxygens (including phenoxy) is 2. The van der Waals surface area contributed by atoms with Crippen LogP contribution in [0.3, 0.4) is 0 Å². The van der Waals surface area contributed by atoms with Gasteiger partial charge in [0.15, 0.2) is 17.6 Å². The maximum atomic E-state index is 12.9. The Morgan fingerprint density at radius 2 is 1.90 bits per heavy atom. The highest BCUT2D eigenvalue weighted by Crippen LogP contribution is 2.69. The average molecular weight is 553 g/mol. The van der Waals surface area contributed by atoms with Crippen LogP contribution in [0.5, 0.6) is 11.5 Å². The van der Waals surface area contributed by atoms with Gasteiger partial charge in [-0.05, 0) is 79.8 Å². The van der Waals surface area contributed by atoms with E-state index in [1.165, 1.54) is 46.5 Å². The molecule has 2 bridgehead atoms. The highest BCUT2D eigenvalue weighted by Gasteiger charge is 2.73. The lowest BCUT2D eigenvalue weighted by Crippen LogP contribution is -2.75. The second kappa shape index (κ2) is 9.20. The van der Waals surface area contributed by atoms with E-state index in [0.29, 0.717) is 24.4 Å². The topological polar surface area (TPSA) is 63.9 Å². The van der Waals surface area contributed by atoms with Crippen LogP contribution in [0.25, 0.3) is 0 Å². The fourth-order valence-corrected chi connectivity index (χ4v) is 9.09. The molecule has 214 valence electrons. The summed E-state index contributed by atoms with van der Waals surface area (Å²) in [6, 6.07) is 16.8. The molecule has 1 N–H and O–H groups in total. The van der Waals surface area contributed by atoms with Gasteiger partial charge >= 0.3 is 0 Å². The number of carbonyl (C=O) groups excluding carboxylic acids is 1. The summed E-state index contributed by atoms with van der Waals surface area (Å²) < 4.78 is 15.9. The summed E-state index contributed by atoms with van der Waals surface area (Å²) in [5, 5.41) is 11.0. The number of hydrogen-bond donors (Lipinski definition) is 1. The molecular formula is C35H40N2O4. The first-order valence-corrected chi connectivity index (χ1v) is 15.5. The fraction of sp³-hybridized carbons (Fsp3) is 0.514. The van der Waals surface area contributed by atoms with Gasteiger partial charge in [0.1, 0.15) is 11.4 Å². The van der Waals surface area contributed by atoms with E-state index in [1.807, 2.05) is 31.4 Å². The van der Waals surface area contributed by atoms with Gasteiger partial charge in [-0.3, -0.25) is 9.69 Å². The van der Waals surface area contributed by atoms with Crippen molar-refractivity contribution in [3.05, 3.63) is 82.2 Å². The highest BCUT2D eigenvalue weighted by molar-refractivity contribution is 5.78. The van der Waals surface area contributed by atoms with Crippen LogP contribution in [-0.2, 0) is 47.7 Å². The van der Waals surface area contributed by atoms with Crippen LogP contribution in [0.4, 0.5) is 0 Å². The number of benzene rings is 2. The number of aromatic nitrogens is 1. The third-order valence-corrected chi connectivity index (χ3v) is 11.2. The minimum absolute atomic E-state index is 0.216. The molecule has 5 aliphatic rings. The van der Waals surface area contributed by atoms with Gasteiger partial charge in [0.25, 0.3) is 0 Å². The summed E-state index contributed by atoms with van der Waals surface area (Å²) >= 11 is 0. The van der Waals surface area contributed by atoms with Gasteiger partial charge < -0.3 is 19.1 Å². The van der Waals surface area contributed by atoms with Crippen LogP contribution in [0.1, 0.15) is 71.8 Å². The lowest BCUT2D eigenvalue weighted by atomic mass is 9.49. The van der Waals surface area contributed by atoms with Gasteiger partial charge in [-0.2, -0.15) is 0 Å². The van der Waals surface area contributed by atoms with Crippen LogP contribution in [0.15, 0.2) is 48.5 Å². The van der Waals surface area contributed by atoms with Crippen molar-refractivity contribution in [2.45, 2.75) is 80.9 Å². The van der Waals surface area contributed by atoms with Gasteiger partial charge in [0.2, 0.25) is 0 Å². The molecule has 6 heteroatoms. The third-order valence-electron chi connectivity index (χ3n) is 11.2. The standard InChI is InChI=1S/C35H40N2O4/c1-36-26(12-14-27(38)13-10-22-6-4-3-5-7-22)18-25-20-35(40-2)29-19-24-11-15-28(39)32-30(24)34(35,33(41-32)31(25)36)16-17-37(29)21-23-8-9-23/h3-7,11,15,18,23,29,33,39H,8-10,12-14,16-17,19-21H2,1-2H3/t29-,33?,34+,35-/m1/s1. The first-order chi connectivity index (χ1) is 19.9. The number of aromatic hydroxyl groups is 1. The van der Waals surface area contributed by atoms with E-state index in [-0.39, 0.29) is 23.3 Å². The van der Waals surface area contributed by atoms with E-state index in [4.69, 9.17) is 9.47 Å². The minimum Gasteiger partial charge on any atom is -0.504 e. The van der Waals surface area contributed by atoms with E-state index in [9.17, 15) is 9.90 Å². The van der Waals surface area contributed by atoms with E-state index >= 15 is 0 Å². The highest BCUT2D eigenvalue weighted by atomic mass is 16.5. The number of piperidine rings is 1. The first-order valence-electron chi connectivity index (χ1n) is 15.5. The molecule has 0 radical (unpaired) electrons. The van der Waals surface area contributed by atoms with Gasteiger partial charge in [-0.15, -0.1) is 0 Å². The Hall–Kier alpha value is -3.09. The molecule has 3 heterocycles. The molecule has 8 rings (SSSR count). The summed E-state index contributed by atoms with van der Waals surface area (Å²) in [6.07, 6.45) is 7.79. The zero-order valence-electron chi connectivity index (χ0n) is 24.2. The van der Waals surface area contributed by atoms with Crippen LogP contribution < -0.4 is 4.74 Å². The fourth-order valence-electron chi connectivity index (χ4n) is 9.09. The van der Waals surface area contributed by atoms with E-state index in [0.717, 1.165) is 51.1 Å². The van der Waals surface area contributed by atoms with Crippen molar-refractivity contribution in [1.29, 1.82) is 0 Å². The number of fused-ring (bicyclic) bond motifs is 2. The molecule has 1 spiro atoms. The molecule has 1 aromatic heterocycles. The van der Waals surface area contributed by atoms with Gasteiger partial charge in [-0.1, -0.05) is 36.4 Å². The number of rotatable bonds is 9. The van der Waals surface area contributed by atoms with Crippen molar-refractivity contribution in [1.82, 2.24) is 9.47 Å². The molecule has 41 heavy (non-hydrogen) atoms. The number of aryl methyl sites for hydroxylation is 2. The third kappa shape index (κ3) is 3.59. The SMILES string of the molecule is CO[C@@]12Cc3cc(CCC(=O)CCc4ccccc4)n(C)c3C3Oc4c(O)ccc5c4[C@@]31CCN(CC1CC1)[C@@H]2C5. The predicted molar refractivity (Wildman–Crippen MR) is 157 cm³/mol. The van der Waals surface area contributed by atoms with Crippen molar-refractivity contribution in [3.63, 3.8) is 0 Å². The molecule has 1 saturated carbocycles. The Balaban J connectivity index is 1.15. The smallest absolute Gasteiger partial charge is 0.166 e. The molecule has 2 aromatic carbocycles. The average Bonchev–Trinajstić information content (AvgIpc) is 3.66. The van der Waals surface area contributed by atoms with Crippen LogP contribution in [0.2, 0.25) is 0 Å². The largest absolute Gasteiger partial charge is 0.504 e. The van der Waals surface area contributed by atoms with Gasteiger partial charge in [-0.25, -0.2) is 0 Å². The normalized spacial score (nSPS) is 29.1. The Labute approximate surface area is 242 Å². The van der Waals surface area contributed by atoms with Crippen molar-refractivity contribution in [3.8, 4) is 11.5 Å². The molecule has 3 aliphatic carbocycles. The molecule has 1 unspecified atom stereocenters. The number of carbonyl (C=O) groups is 1. The van der Waals surface area contributed by atoms with Gasteiger partial charge in [0.05, 0.1) is 11.1 Å². The van der Waals surface area contributed by atoms with Crippen LogP contribution in [0, 0.1) is 5.92 Å². The number of nitrogens with zero attached hydrogens (tertiary/aromatic N) is 2. The molecule has 6 nitrogen and oxygen atoms in total. The minimum atomic E-state index is -0.423. The lowest BCUT2D eigenvalue weighted by molar-refractivity contribution is -0.191. The van der Waals surface area contributed by atoms with Crippen LogP contribution >= 0.6 is 0 Å². The number of phenols is 1. The first kappa shape index (κ1) is 25.6. The van der Waals surface area contributed by atoms with Gasteiger partial charge in [0, 0.05) is 57.3 Å². The Bertz CT molecular complexity index is 1520. The zero-order chi connectivity index (χ0) is 27.9. The number of ketones is 1. The Kier molecular flexibility index (Phi) is 5.75. The second-order valence-corrected chi connectivity index (χ2v) is 13.2. The molecule has 3 aromatic rings. The predicted octanol–water partition coefficient (Wildman–Crippen LogP) is 5.22. The molecule has 2 aliphatic heterocycles. The summed E-state index contributed by atoms with van der Waals surface area (Å²) in [4.78, 5) is 15.6. The number of likely N-dealkylation sites (tertiary alicyclic amines) is 1.